The maximum atomic E-state index is 2.63. The van der Waals surface area contributed by atoms with E-state index in [1.165, 1.54) is 154 Å². The zero-order valence-corrected chi connectivity index (χ0v) is 35.3. The molecule has 0 aromatic heterocycles. The Hall–Kier alpha value is -7.80. The first-order valence-corrected chi connectivity index (χ1v) is 23.0. The lowest BCUT2D eigenvalue weighted by Crippen LogP contribution is -2.31. The molecule has 0 atom stereocenters. The lowest BCUT2D eigenvalue weighted by Gasteiger charge is -2.23. The summed E-state index contributed by atoms with van der Waals surface area (Å²) in [6.07, 6.45) is 6.60. The summed E-state index contributed by atoms with van der Waals surface area (Å²) in [5, 5.41) is 11.1. The van der Waals surface area contributed by atoms with Gasteiger partial charge in [-0.25, -0.2) is 0 Å². The molecule has 5 aliphatic carbocycles. The highest BCUT2D eigenvalue weighted by molar-refractivity contribution is 6.21. The molecule has 0 nitrogen and oxygen atoms in total. The van der Waals surface area contributed by atoms with E-state index in [1.54, 1.807) is 0 Å². The van der Waals surface area contributed by atoms with Crippen LogP contribution in [0, 0.1) is 0 Å². The van der Waals surface area contributed by atoms with Crippen LogP contribution in [-0.2, 0) is 0 Å². The normalized spacial score (nSPS) is 14.3. The summed E-state index contributed by atoms with van der Waals surface area (Å²) < 4.78 is 0. The van der Waals surface area contributed by atoms with Crippen LogP contribution in [-0.4, -0.2) is 0 Å². The number of benzene rings is 10. The van der Waals surface area contributed by atoms with Crippen LogP contribution in [0.4, 0.5) is 0 Å². The molecule has 0 spiro atoms. The van der Waals surface area contributed by atoms with E-state index in [-0.39, 0.29) is 0 Å². The van der Waals surface area contributed by atoms with Gasteiger partial charge in [0.05, 0.1) is 0 Å². The maximum absolute atomic E-state index is 2.63. The summed E-state index contributed by atoms with van der Waals surface area (Å²) in [6, 6.07) is 71.2. The number of rotatable bonds is 4. The van der Waals surface area contributed by atoms with Crippen LogP contribution in [0.5, 0.6) is 0 Å². The predicted molar refractivity (Wildman–Crippen MR) is 268 cm³/mol. The van der Waals surface area contributed by atoms with Gasteiger partial charge in [-0.3, -0.25) is 0 Å². The molecule has 0 unspecified atom stereocenters. The van der Waals surface area contributed by atoms with Crippen molar-refractivity contribution in [2.45, 2.75) is 25.7 Å². The fourth-order valence-corrected chi connectivity index (χ4v) is 12.9. The molecule has 5 aliphatic rings. The minimum atomic E-state index is 1.01. The molecule has 0 heterocycles. The first-order valence-electron chi connectivity index (χ1n) is 23.0. The Labute approximate surface area is 371 Å². The van der Waals surface area contributed by atoms with Crippen molar-refractivity contribution < 1.29 is 0 Å². The van der Waals surface area contributed by atoms with Gasteiger partial charge in [-0.15, -0.1) is 0 Å². The number of fused-ring (bicyclic) bond motifs is 11. The van der Waals surface area contributed by atoms with Crippen LogP contribution < -0.4 is 20.9 Å². The maximum Gasteiger partial charge on any atom is -0.00108 e. The van der Waals surface area contributed by atoms with Crippen molar-refractivity contribution in [3.8, 4) is 77.9 Å². The second-order valence-electron chi connectivity index (χ2n) is 18.3. The zero-order valence-electron chi connectivity index (χ0n) is 35.3. The molecule has 0 N–H and O–H groups in total. The standard InChI is InChI=1S/C64H40/c1-5-17-38(18-6-1)55-42-27-13-14-28-43(42)56(39-19-7-2-8-20-39)64-49-34-32-45-51-36-53-52(35-50(51)44-31-33-48(63(55)64)60(49)59(44)45)57(40-21-9-3-10-22-40)61-46-29-15-25-37-26-16-30-47(54(37)46)62(61)58(53)41-23-11-4-12-24-41/h1-15,17-29,31,33,35-36H,16,30,32,34H2. The van der Waals surface area contributed by atoms with E-state index in [0.29, 0.717) is 0 Å². The molecule has 0 amide bonds. The van der Waals surface area contributed by atoms with Crippen LogP contribution >= 0.6 is 0 Å². The molecular weight excluding hydrogens is 769 g/mol. The average Bonchev–Trinajstić information content (AvgIpc) is 3.99. The monoisotopic (exact) mass is 808 g/mol. The van der Waals surface area contributed by atoms with Gasteiger partial charge < -0.3 is 0 Å². The molecule has 15 rings (SSSR count). The van der Waals surface area contributed by atoms with Crippen molar-refractivity contribution in [3.05, 3.63) is 226 Å². The van der Waals surface area contributed by atoms with Crippen molar-refractivity contribution in [1.82, 2.24) is 0 Å². The fourth-order valence-electron chi connectivity index (χ4n) is 12.9. The molecule has 0 fully saturated rings. The molecule has 0 heteroatoms. The van der Waals surface area contributed by atoms with Crippen LogP contribution in [0.15, 0.2) is 188 Å². The van der Waals surface area contributed by atoms with Crippen molar-refractivity contribution in [2.24, 2.45) is 0 Å². The van der Waals surface area contributed by atoms with Gasteiger partial charge in [0.25, 0.3) is 0 Å². The smallest absolute Gasteiger partial charge is 0.00108 e. The van der Waals surface area contributed by atoms with E-state index in [0.717, 1.165) is 25.7 Å². The van der Waals surface area contributed by atoms with Crippen molar-refractivity contribution in [3.63, 3.8) is 0 Å². The molecule has 0 saturated carbocycles. The van der Waals surface area contributed by atoms with E-state index < -0.39 is 0 Å². The summed E-state index contributed by atoms with van der Waals surface area (Å²) in [5.41, 5.74) is 27.7. The minimum Gasteiger partial charge on any atom is -0.0763 e. The lowest BCUT2D eigenvalue weighted by molar-refractivity contribution is 1.06. The Morgan fingerprint density at radius 2 is 0.688 bits per heavy atom. The topological polar surface area (TPSA) is 0 Å². The molecule has 10 aromatic rings. The minimum absolute atomic E-state index is 1.01. The van der Waals surface area contributed by atoms with Gasteiger partial charge in [0.1, 0.15) is 0 Å². The highest BCUT2D eigenvalue weighted by atomic mass is 14.4. The highest BCUT2D eigenvalue weighted by Gasteiger charge is 2.37. The molecule has 0 radical (unpaired) electrons. The molecule has 0 saturated heterocycles. The first kappa shape index (κ1) is 34.7. The predicted octanol–water partition coefficient (Wildman–Crippen LogP) is 13.6. The van der Waals surface area contributed by atoms with E-state index >= 15 is 0 Å². The van der Waals surface area contributed by atoms with Gasteiger partial charge in [-0.2, -0.15) is 0 Å². The third kappa shape index (κ3) is 4.47. The molecule has 0 bridgehead atoms. The van der Waals surface area contributed by atoms with Gasteiger partial charge in [0.2, 0.25) is 0 Å². The zero-order chi connectivity index (χ0) is 41.6. The van der Waals surface area contributed by atoms with E-state index in [9.17, 15) is 0 Å². The highest BCUT2D eigenvalue weighted by Crippen LogP contribution is 2.55. The molecule has 0 aliphatic heterocycles. The van der Waals surface area contributed by atoms with E-state index in [1.807, 2.05) is 0 Å². The Kier molecular flexibility index (Phi) is 6.99. The SMILES string of the molecule is C1=c2cccc3c2=C(CC1)c1c-3c(-c2ccccc2)c2cc3c(cc2c1-c1ccccc1)C1=c2c-3ccc3c2=C(CC1)c1c-3c(-c2ccccc2)c2ccccc2c1-c1ccccc1. The molecule has 296 valence electrons. The Balaban J connectivity index is 1.09. The van der Waals surface area contributed by atoms with Crippen molar-refractivity contribution >= 4 is 44.3 Å². The van der Waals surface area contributed by atoms with Crippen LogP contribution in [0.3, 0.4) is 0 Å². The van der Waals surface area contributed by atoms with E-state index in [2.05, 4.69) is 194 Å². The van der Waals surface area contributed by atoms with Gasteiger partial charge in [-0.1, -0.05) is 182 Å². The molecule has 64 heavy (non-hydrogen) atoms. The van der Waals surface area contributed by atoms with Crippen molar-refractivity contribution in [1.29, 1.82) is 0 Å². The third-order valence-corrected chi connectivity index (χ3v) is 15.3. The Bertz CT molecular complexity index is 4000. The van der Waals surface area contributed by atoms with Crippen LogP contribution in [0.1, 0.15) is 42.4 Å². The first-order chi connectivity index (χ1) is 31.8. The van der Waals surface area contributed by atoms with Crippen LogP contribution in [0.25, 0.3) is 122 Å². The van der Waals surface area contributed by atoms with Gasteiger partial charge in [0.15, 0.2) is 0 Å². The second kappa shape index (κ2) is 12.9. The summed E-state index contributed by atoms with van der Waals surface area (Å²) >= 11 is 0. The average molecular weight is 809 g/mol. The summed E-state index contributed by atoms with van der Waals surface area (Å²) in [6.45, 7) is 0. The summed E-state index contributed by atoms with van der Waals surface area (Å²) in [4.78, 5) is 0. The summed E-state index contributed by atoms with van der Waals surface area (Å²) in [5.74, 6) is 0. The Morgan fingerprint density at radius 1 is 0.250 bits per heavy atom. The van der Waals surface area contributed by atoms with E-state index in [4.69, 9.17) is 0 Å². The summed E-state index contributed by atoms with van der Waals surface area (Å²) in [7, 11) is 0. The van der Waals surface area contributed by atoms with Gasteiger partial charge >= 0.3 is 0 Å². The Morgan fingerprint density at radius 3 is 1.28 bits per heavy atom. The second-order valence-corrected chi connectivity index (χ2v) is 18.3. The van der Waals surface area contributed by atoms with Gasteiger partial charge in [0, 0.05) is 0 Å². The molecule has 10 aromatic carbocycles. The lowest BCUT2D eigenvalue weighted by atomic mass is 9.79. The largest absolute Gasteiger partial charge is 0.0763 e. The van der Waals surface area contributed by atoms with Gasteiger partial charge in [-0.05, 0) is 192 Å². The quantitative estimate of drug-likeness (QED) is 0.166. The van der Waals surface area contributed by atoms with Crippen molar-refractivity contribution in [2.75, 3.05) is 0 Å². The fraction of sp³-hybridized carbons (Fsp3) is 0.0625. The van der Waals surface area contributed by atoms with Crippen LogP contribution in [0.2, 0.25) is 0 Å². The number of hydrogen-bond acceptors (Lipinski definition) is 0. The number of hydrogen-bond donors (Lipinski definition) is 0. The third-order valence-electron chi connectivity index (χ3n) is 15.3. The molecular formula is C64H40.